The fourth-order valence-corrected chi connectivity index (χ4v) is 1.28. The van der Waals surface area contributed by atoms with Crippen molar-refractivity contribution in [3.8, 4) is 5.75 Å². The summed E-state index contributed by atoms with van der Waals surface area (Å²) >= 11 is 0. The molecular formula is C13H12N2O. The molecule has 0 aliphatic rings. The number of methoxy groups -OCH3 is 1. The van der Waals surface area contributed by atoms with Crippen molar-refractivity contribution in [1.82, 2.24) is 4.98 Å². The average Bonchev–Trinajstić information content (AvgIpc) is 2.38. The molecule has 0 unspecified atom stereocenters. The SMILES string of the molecule is COc1cncc(N=Cc2ccccc2)c1. The van der Waals surface area contributed by atoms with Crippen LogP contribution in [0.4, 0.5) is 5.69 Å². The standard InChI is InChI=1S/C13H12N2O/c1-16-13-7-12(9-14-10-13)15-8-11-5-3-2-4-6-11/h2-10H,1H3. The van der Waals surface area contributed by atoms with E-state index in [1.807, 2.05) is 36.4 Å². The summed E-state index contributed by atoms with van der Waals surface area (Å²) in [7, 11) is 1.61. The molecule has 16 heavy (non-hydrogen) atoms. The summed E-state index contributed by atoms with van der Waals surface area (Å²) in [6, 6.07) is 11.8. The summed E-state index contributed by atoms with van der Waals surface area (Å²) in [6.07, 6.45) is 5.15. The Balaban J connectivity index is 2.17. The maximum atomic E-state index is 5.07. The topological polar surface area (TPSA) is 34.5 Å². The van der Waals surface area contributed by atoms with Crippen molar-refractivity contribution in [1.29, 1.82) is 0 Å². The van der Waals surface area contributed by atoms with Gasteiger partial charge in [0, 0.05) is 12.3 Å². The highest BCUT2D eigenvalue weighted by Gasteiger charge is 1.93. The first kappa shape index (κ1) is 10.4. The van der Waals surface area contributed by atoms with Gasteiger partial charge in [-0.2, -0.15) is 0 Å². The van der Waals surface area contributed by atoms with Gasteiger partial charge < -0.3 is 4.74 Å². The first-order valence-electron chi connectivity index (χ1n) is 4.96. The minimum absolute atomic E-state index is 0.711. The summed E-state index contributed by atoms with van der Waals surface area (Å²) in [6.45, 7) is 0. The predicted molar refractivity (Wildman–Crippen MR) is 64.5 cm³/mol. The van der Waals surface area contributed by atoms with Gasteiger partial charge in [-0.3, -0.25) is 9.98 Å². The van der Waals surface area contributed by atoms with E-state index in [-0.39, 0.29) is 0 Å². The van der Waals surface area contributed by atoms with Gasteiger partial charge in [-0.15, -0.1) is 0 Å². The molecule has 80 valence electrons. The maximum Gasteiger partial charge on any atom is 0.139 e. The van der Waals surface area contributed by atoms with Crippen LogP contribution in [0.25, 0.3) is 0 Å². The van der Waals surface area contributed by atoms with Crippen molar-refractivity contribution < 1.29 is 4.74 Å². The number of aliphatic imine (C=N–C) groups is 1. The number of aromatic nitrogens is 1. The van der Waals surface area contributed by atoms with Crippen LogP contribution in [0, 0.1) is 0 Å². The lowest BCUT2D eigenvalue weighted by molar-refractivity contribution is 0.413. The van der Waals surface area contributed by atoms with Crippen molar-refractivity contribution in [3.05, 3.63) is 54.4 Å². The Morgan fingerprint density at radius 3 is 2.75 bits per heavy atom. The number of ether oxygens (including phenoxy) is 1. The summed E-state index contributed by atoms with van der Waals surface area (Å²) in [5.41, 5.74) is 1.84. The van der Waals surface area contributed by atoms with Gasteiger partial charge in [-0.05, 0) is 5.56 Å². The van der Waals surface area contributed by atoms with Crippen molar-refractivity contribution in [2.75, 3.05) is 7.11 Å². The van der Waals surface area contributed by atoms with Gasteiger partial charge in [-0.1, -0.05) is 30.3 Å². The Bertz CT molecular complexity index is 480. The van der Waals surface area contributed by atoms with Crippen LogP contribution in [0.15, 0.2) is 53.8 Å². The Labute approximate surface area is 94.4 Å². The summed E-state index contributed by atoms with van der Waals surface area (Å²) in [4.78, 5) is 8.35. The zero-order valence-corrected chi connectivity index (χ0v) is 9.00. The monoisotopic (exact) mass is 212 g/mol. The van der Waals surface area contributed by atoms with Crippen molar-refractivity contribution in [3.63, 3.8) is 0 Å². The molecular weight excluding hydrogens is 200 g/mol. The molecule has 3 nitrogen and oxygen atoms in total. The van der Waals surface area contributed by atoms with E-state index in [9.17, 15) is 0 Å². The normalized spacial score (nSPS) is 10.6. The smallest absolute Gasteiger partial charge is 0.139 e. The van der Waals surface area contributed by atoms with Crippen molar-refractivity contribution in [2.45, 2.75) is 0 Å². The number of hydrogen-bond donors (Lipinski definition) is 0. The summed E-state index contributed by atoms with van der Waals surface area (Å²) in [5.74, 6) is 0.711. The molecule has 0 radical (unpaired) electrons. The van der Waals surface area contributed by atoms with Gasteiger partial charge in [-0.25, -0.2) is 0 Å². The first-order chi connectivity index (χ1) is 7.88. The highest BCUT2D eigenvalue weighted by Crippen LogP contribution is 2.17. The third kappa shape index (κ3) is 2.67. The van der Waals surface area contributed by atoms with E-state index < -0.39 is 0 Å². The van der Waals surface area contributed by atoms with Crippen LogP contribution in [0.1, 0.15) is 5.56 Å². The second-order valence-electron chi connectivity index (χ2n) is 3.25. The van der Waals surface area contributed by atoms with Crippen LogP contribution >= 0.6 is 0 Å². The average molecular weight is 212 g/mol. The molecule has 0 amide bonds. The van der Waals surface area contributed by atoms with Crippen molar-refractivity contribution >= 4 is 11.9 Å². The highest BCUT2D eigenvalue weighted by molar-refractivity contribution is 5.81. The second-order valence-corrected chi connectivity index (χ2v) is 3.25. The Kier molecular flexibility index (Phi) is 3.28. The molecule has 0 fully saturated rings. The van der Waals surface area contributed by atoms with E-state index in [1.54, 1.807) is 25.7 Å². The van der Waals surface area contributed by atoms with Crippen LogP contribution in [0.3, 0.4) is 0 Å². The van der Waals surface area contributed by atoms with E-state index in [2.05, 4.69) is 9.98 Å². The molecule has 0 N–H and O–H groups in total. The molecule has 0 spiro atoms. The molecule has 0 saturated heterocycles. The molecule has 0 saturated carbocycles. The first-order valence-corrected chi connectivity index (χ1v) is 4.96. The molecule has 0 bridgehead atoms. The minimum Gasteiger partial charge on any atom is -0.495 e. The minimum atomic E-state index is 0.711. The maximum absolute atomic E-state index is 5.07. The quantitative estimate of drug-likeness (QED) is 0.733. The lowest BCUT2D eigenvalue weighted by atomic mass is 10.2. The van der Waals surface area contributed by atoms with Gasteiger partial charge in [0.2, 0.25) is 0 Å². The van der Waals surface area contributed by atoms with E-state index in [0.717, 1.165) is 11.3 Å². The lowest BCUT2D eigenvalue weighted by Gasteiger charge is -1.98. The van der Waals surface area contributed by atoms with Gasteiger partial charge in [0.05, 0.1) is 25.2 Å². The largest absolute Gasteiger partial charge is 0.495 e. The van der Waals surface area contributed by atoms with Gasteiger partial charge >= 0.3 is 0 Å². The van der Waals surface area contributed by atoms with E-state index in [1.165, 1.54) is 0 Å². The Hall–Kier alpha value is -2.16. The predicted octanol–water partition coefficient (Wildman–Crippen LogP) is 2.84. The Morgan fingerprint density at radius 2 is 2.00 bits per heavy atom. The fraction of sp³-hybridized carbons (Fsp3) is 0.0769. The molecule has 1 aromatic heterocycles. The van der Waals surface area contributed by atoms with Crippen LogP contribution < -0.4 is 4.74 Å². The fourth-order valence-electron chi connectivity index (χ4n) is 1.28. The zero-order valence-electron chi connectivity index (χ0n) is 9.00. The van der Waals surface area contributed by atoms with Gasteiger partial charge in [0.25, 0.3) is 0 Å². The highest BCUT2D eigenvalue weighted by atomic mass is 16.5. The molecule has 0 aliphatic carbocycles. The number of pyridine rings is 1. The van der Waals surface area contributed by atoms with Gasteiger partial charge in [0.1, 0.15) is 5.75 Å². The van der Waals surface area contributed by atoms with Crippen molar-refractivity contribution in [2.24, 2.45) is 4.99 Å². The molecule has 1 aromatic carbocycles. The molecule has 3 heteroatoms. The van der Waals surface area contributed by atoms with E-state index in [4.69, 9.17) is 4.74 Å². The molecule has 1 heterocycles. The third-order valence-corrected chi connectivity index (χ3v) is 2.10. The molecule has 2 aromatic rings. The number of benzene rings is 1. The number of rotatable bonds is 3. The number of nitrogens with zero attached hydrogens (tertiary/aromatic N) is 2. The Morgan fingerprint density at radius 1 is 1.19 bits per heavy atom. The van der Waals surface area contributed by atoms with Crippen LogP contribution in [-0.4, -0.2) is 18.3 Å². The third-order valence-electron chi connectivity index (χ3n) is 2.10. The lowest BCUT2D eigenvalue weighted by Crippen LogP contribution is -1.83. The summed E-state index contributed by atoms with van der Waals surface area (Å²) in [5, 5.41) is 0. The molecule has 0 atom stereocenters. The van der Waals surface area contributed by atoms with Crippen LogP contribution in [-0.2, 0) is 0 Å². The van der Waals surface area contributed by atoms with Gasteiger partial charge in [0.15, 0.2) is 0 Å². The van der Waals surface area contributed by atoms with E-state index in [0.29, 0.717) is 5.75 Å². The second kappa shape index (κ2) is 5.07. The van der Waals surface area contributed by atoms with Crippen LogP contribution in [0.5, 0.6) is 5.75 Å². The number of hydrogen-bond acceptors (Lipinski definition) is 3. The molecule has 2 rings (SSSR count). The summed E-state index contributed by atoms with van der Waals surface area (Å²) < 4.78 is 5.07. The molecule has 0 aliphatic heterocycles. The van der Waals surface area contributed by atoms with Crippen LogP contribution in [0.2, 0.25) is 0 Å². The van der Waals surface area contributed by atoms with E-state index >= 15 is 0 Å². The zero-order chi connectivity index (χ0) is 11.2.